The van der Waals surface area contributed by atoms with Crippen molar-refractivity contribution in [3.8, 4) is 0 Å². The number of hydrogen-bond acceptors (Lipinski definition) is 4. The number of carbonyl (C=O) groups excluding carboxylic acids is 1. The van der Waals surface area contributed by atoms with Crippen LogP contribution in [-0.4, -0.2) is 24.0 Å². The number of nitrogens with zero attached hydrogens (tertiary/aromatic N) is 2. The van der Waals surface area contributed by atoms with Gasteiger partial charge in [-0.3, -0.25) is 4.79 Å². The summed E-state index contributed by atoms with van der Waals surface area (Å²) in [5.41, 5.74) is 7.17. The first-order chi connectivity index (χ1) is 9.95. The van der Waals surface area contributed by atoms with Crippen LogP contribution in [0.5, 0.6) is 0 Å². The van der Waals surface area contributed by atoms with Gasteiger partial charge in [0.05, 0.1) is 11.3 Å². The van der Waals surface area contributed by atoms with Crippen molar-refractivity contribution in [2.24, 2.45) is 10.9 Å². The van der Waals surface area contributed by atoms with Gasteiger partial charge in [0.25, 0.3) is 5.91 Å². The molecule has 0 aliphatic heterocycles. The third-order valence-corrected chi connectivity index (χ3v) is 3.23. The Hall–Kier alpha value is -2.76. The summed E-state index contributed by atoms with van der Waals surface area (Å²) in [6.45, 7) is 3.53. The minimum absolute atomic E-state index is 0.0506. The molecule has 0 spiro atoms. The lowest BCUT2D eigenvalue weighted by Gasteiger charge is -2.19. The smallest absolute Gasteiger partial charge is 0.261 e. The minimum atomic E-state index is -0.220. The van der Waals surface area contributed by atoms with Crippen LogP contribution in [-0.2, 0) is 0 Å². The molecule has 2 rings (SSSR count). The van der Waals surface area contributed by atoms with Crippen molar-refractivity contribution in [2.45, 2.75) is 13.8 Å². The average Bonchev–Trinajstić information content (AvgIpc) is 2.83. The number of amides is 1. The van der Waals surface area contributed by atoms with E-state index in [0.717, 1.165) is 0 Å². The first-order valence-electron chi connectivity index (χ1n) is 6.37. The fraction of sp³-hybridized carbons (Fsp3) is 0.200. The van der Waals surface area contributed by atoms with Crippen molar-refractivity contribution in [3.63, 3.8) is 0 Å². The van der Waals surface area contributed by atoms with E-state index in [0.29, 0.717) is 28.3 Å². The van der Waals surface area contributed by atoms with Gasteiger partial charge in [0, 0.05) is 12.6 Å². The zero-order valence-electron chi connectivity index (χ0n) is 12.1. The first-order valence-corrected chi connectivity index (χ1v) is 6.37. The maximum absolute atomic E-state index is 12.6. The number of aryl methyl sites for hydroxylation is 2. The molecule has 2 aromatic rings. The molecule has 0 saturated carbocycles. The number of amidine groups is 1. The Labute approximate surface area is 122 Å². The molecule has 0 saturated heterocycles. The van der Waals surface area contributed by atoms with Crippen LogP contribution in [0.2, 0.25) is 0 Å². The molecule has 0 aliphatic rings. The van der Waals surface area contributed by atoms with Gasteiger partial charge in [-0.2, -0.15) is 0 Å². The number of carbonyl (C=O) groups is 1. The summed E-state index contributed by atoms with van der Waals surface area (Å²) in [7, 11) is 1.63. The van der Waals surface area contributed by atoms with Crippen LogP contribution in [0.4, 0.5) is 5.69 Å². The monoisotopic (exact) mass is 287 g/mol. The van der Waals surface area contributed by atoms with Crippen molar-refractivity contribution in [3.05, 3.63) is 53.0 Å². The maximum atomic E-state index is 12.6. The molecule has 6 nitrogen and oxygen atoms in total. The zero-order valence-corrected chi connectivity index (χ0v) is 12.1. The largest absolute Gasteiger partial charge is 0.466 e. The maximum Gasteiger partial charge on any atom is 0.261 e. The van der Waals surface area contributed by atoms with Crippen LogP contribution < -0.4 is 10.6 Å². The Bertz CT molecular complexity index is 704. The fourth-order valence-corrected chi connectivity index (χ4v) is 2.17. The molecule has 1 aromatic heterocycles. The molecule has 0 radical (unpaired) electrons. The molecule has 0 fully saturated rings. The van der Waals surface area contributed by atoms with E-state index in [1.807, 2.05) is 0 Å². The van der Waals surface area contributed by atoms with Crippen LogP contribution in [0, 0.1) is 13.8 Å². The lowest BCUT2D eigenvalue weighted by Crippen LogP contribution is -2.29. The number of oxime groups is 1. The molecule has 0 unspecified atom stereocenters. The Morgan fingerprint density at radius 1 is 1.29 bits per heavy atom. The second kappa shape index (κ2) is 5.70. The fourth-order valence-electron chi connectivity index (χ4n) is 2.17. The van der Waals surface area contributed by atoms with Crippen LogP contribution >= 0.6 is 0 Å². The predicted octanol–water partition coefficient (Wildman–Crippen LogP) is 2.27. The lowest BCUT2D eigenvalue weighted by molar-refractivity contribution is 0.0991. The topological polar surface area (TPSA) is 92.1 Å². The Balaban J connectivity index is 2.43. The molecular weight excluding hydrogens is 270 g/mol. The molecule has 1 amide bonds. The van der Waals surface area contributed by atoms with E-state index in [1.54, 1.807) is 51.2 Å². The lowest BCUT2D eigenvalue weighted by atomic mass is 10.1. The third-order valence-electron chi connectivity index (χ3n) is 3.23. The SMILES string of the molecule is Cc1cc(C(=O)N(C)c2ccccc2/C(N)=N/O)c(C)o1. The average molecular weight is 287 g/mol. The van der Waals surface area contributed by atoms with E-state index in [2.05, 4.69) is 5.16 Å². The van der Waals surface area contributed by atoms with Crippen molar-refractivity contribution in [2.75, 3.05) is 11.9 Å². The highest BCUT2D eigenvalue weighted by Crippen LogP contribution is 2.23. The molecule has 110 valence electrons. The van der Waals surface area contributed by atoms with Gasteiger partial charge >= 0.3 is 0 Å². The van der Waals surface area contributed by atoms with Gasteiger partial charge in [-0.15, -0.1) is 0 Å². The van der Waals surface area contributed by atoms with Crippen LogP contribution in [0.3, 0.4) is 0 Å². The second-order valence-corrected chi connectivity index (χ2v) is 4.69. The molecule has 21 heavy (non-hydrogen) atoms. The van der Waals surface area contributed by atoms with Crippen LogP contribution in [0.25, 0.3) is 0 Å². The normalized spacial score (nSPS) is 11.5. The molecule has 0 aliphatic carbocycles. The standard InChI is InChI=1S/C15H17N3O3/c1-9-8-12(10(2)21-9)15(19)18(3)13-7-5-4-6-11(13)14(16)17-20/h4-8,20H,1-3H3,(H2,16,17). The van der Waals surface area contributed by atoms with E-state index in [4.69, 9.17) is 15.4 Å². The van der Waals surface area contributed by atoms with Crippen molar-refractivity contribution in [1.29, 1.82) is 0 Å². The highest BCUT2D eigenvalue weighted by molar-refractivity contribution is 6.11. The van der Waals surface area contributed by atoms with Crippen molar-refractivity contribution in [1.82, 2.24) is 0 Å². The highest BCUT2D eigenvalue weighted by atomic mass is 16.4. The summed E-state index contributed by atoms with van der Waals surface area (Å²) in [6, 6.07) is 8.64. The Morgan fingerprint density at radius 3 is 2.52 bits per heavy atom. The van der Waals surface area contributed by atoms with Gasteiger partial charge < -0.3 is 20.3 Å². The molecule has 0 bridgehead atoms. The Morgan fingerprint density at radius 2 is 1.95 bits per heavy atom. The van der Waals surface area contributed by atoms with E-state index in [1.165, 1.54) is 4.90 Å². The minimum Gasteiger partial charge on any atom is -0.466 e. The van der Waals surface area contributed by atoms with Gasteiger partial charge in [-0.1, -0.05) is 17.3 Å². The van der Waals surface area contributed by atoms with Gasteiger partial charge in [-0.25, -0.2) is 0 Å². The molecule has 3 N–H and O–H groups in total. The van der Waals surface area contributed by atoms with E-state index in [9.17, 15) is 4.79 Å². The summed E-state index contributed by atoms with van der Waals surface area (Å²) in [6.07, 6.45) is 0. The molecule has 1 heterocycles. The summed E-state index contributed by atoms with van der Waals surface area (Å²) in [5, 5.41) is 11.8. The number of hydrogen-bond donors (Lipinski definition) is 2. The van der Waals surface area contributed by atoms with Crippen molar-refractivity contribution >= 4 is 17.4 Å². The van der Waals surface area contributed by atoms with Gasteiger partial charge in [0.1, 0.15) is 11.5 Å². The highest BCUT2D eigenvalue weighted by Gasteiger charge is 2.21. The van der Waals surface area contributed by atoms with E-state index >= 15 is 0 Å². The van der Waals surface area contributed by atoms with E-state index < -0.39 is 0 Å². The Kier molecular flexibility index (Phi) is 3.98. The molecule has 6 heteroatoms. The summed E-state index contributed by atoms with van der Waals surface area (Å²) in [4.78, 5) is 14.0. The van der Waals surface area contributed by atoms with Crippen LogP contribution in [0.15, 0.2) is 39.9 Å². The van der Waals surface area contributed by atoms with Gasteiger partial charge in [0.2, 0.25) is 0 Å². The number of furan rings is 1. The third kappa shape index (κ3) is 2.74. The summed E-state index contributed by atoms with van der Waals surface area (Å²) >= 11 is 0. The molecule has 0 atom stereocenters. The number of benzene rings is 1. The van der Waals surface area contributed by atoms with E-state index in [-0.39, 0.29) is 11.7 Å². The van der Waals surface area contributed by atoms with Crippen molar-refractivity contribution < 1.29 is 14.4 Å². The number of anilines is 1. The number of rotatable bonds is 3. The number of para-hydroxylation sites is 1. The molecule has 1 aromatic carbocycles. The zero-order chi connectivity index (χ0) is 15.6. The second-order valence-electron chi connectivity index (χ2n) is 4.69. The quantitative estimate of drug-likeness (QED) is 0.392. The molecular formula is C15H17N3O3. The first kappa shape index (κ1) is 14.6. The van der Waals surface area contributed by atoms with Gasteiger partial charge in [-0.05, 0) is 32.0 Å². The van der Waals surface area contributed by atoms with Crippen LogP contribution in [0.1, 0.15) is 27.4 Å². The van der Waals surface area contributed by atoms with Gasteiger partial charge in [0.15, 0.2) is 5.84 Å². The summed E-state index contributed by atoms with van der Waals surface area (Å²) < 4.78 is 5.38. The summed E-state index contributed by atoms with van der Waals surface area (Å²) in [5.74, 6) is 0.965. The number of nitrogens with two attached hydrogens (primary N) is 1. The predicted molar refractivity (Wildman–Crippen MR) is 79.9 cm³/mol.